The van der Waals surface area contributed by atoms with E-state index < -0.39 is 0 Å². The van der Waals surface area contributed by atoms with Crippen molar-refractivity contribution in [3.8, 4) is 11.3 Å². The topological polar surface area (TPSA) is 71.0 Å². The molecule has 4 aromatic rings. The molecular weight excluding hydrogens is 405 g/mol. The highest BCUT2D eigenvalue weighted by Gasteiger charge is 2.15. The summed E-state index contributed by atoms with van der Waals surface area (Å²) < 4.78 is 13.3. The Bertz CT molecular complexity index is 1150. The highest BCUT2D eigenvalue weighted by Crippen LogP contribution is 2.29. The van der Waals surface area contributed by atoms with E-state index in [0.717, 1.165) is 23.2 Å². The largest absolute Gasteiger partial charge is 0.368 e. The number of hydrogen-bond donors (Lipinski definition) is 1. The molecule has 160 valence electrons. The Morgan fingerprint density at radius 1 is 0.969 bits per heavy atom. The standard InChI is InChI=1S/C25H22FN5O/c26-21-8-6-20(7-9-21)23-10-11-24(31(18-32)17-19-4-3-13-27-16-19)25(30-23)29-15-12-22-5-1-2-14-28-22/h1-11,13-14,16,18H,12,15,17H2,(H,29,30). The molecule has 6 nitrogen and oxygen atoms in total. The molecule has 3 heterocycles. The van der Waals surface area contributed by atoms with Crippen molar-refractivity contribution in [3.05, 3.63) is 102 Å². The minimum absolute atomic E-state index is 0.303. The van der Waals surface area contributed by atoms with Crippen LogP contribution in [0.25, 0.3) is 11.3 Å². The van der Waals surface area contributed by atoms with E-state index in [2.05, 4.69) is 15.3 Å². The van der Waals surface area contributed by atoms with E-state index >= 15 is 0 Å². The molecule has 0 saturated heterocycles. The van der Waals surface area contributed by atoms with Crippen molar-refractivity contribution in [1.82, 2.24) is 15.0 Å². The van der Waals surface area contributed by atoms with E-state index in [4.69, 9.17) is 4.98 Å². The van der Waals surface area contributed by atoms with Gasteiger partial charge in [0.15, 0.2) is 5.82 Å². The molecule has 0 aliphatic rings. The number of nitrogens with one attached hydrogen (secondary N) is 1. The molecule has 0 atom stereocenters. The fraction of sp³-hybridized carbons (Fsp3) is 0.120. The molecule has 0 spiro atoms. The molecular formula is C25H22FN5O. The second-order valence-corrected chi connectivity index (χ2v) is 7.16. The molecule has 0 unspecified atom stereocenters. The molecule has 0 bridgehead atoms. The molecule has 0 aliphatic carbocycles. The number of halogens is 1. The number of nitrogens with zero attached hydrogens (tertiary/aromatic N) is 4. The van der Waals surface area contributed by atoms with Crippen LogP contribution in [-0.4, -0.2) is 27.9 Å². The summed E-state index contributed by atoms with van der Waals surface area (Å²) in [5.74, 6) is 0.265. The Morgan fingerprint density at radius 2 is 1.84 bits per heavy atom. The van der Waals surface area contributed by atoms with E-state index in [9.17, 15) is 9.18 Å². The van der Waals surface area contributed by atoms with Crippen LogP contribution >= 0.6 is 0 Å². The molecule has 0 saturated carbocycles. The Morgan fingerprint density at radius 3 is 2.56 bits per heavy atom. The molecule has 32 heavy (non-hydrogen) atoms. The smallest absolute Gasteiger partial charge is 0.214 e. The molecule has 0 radical (unpaired) electrons. The van der Waals surface area contributed by atoms with E-state index in [-0.39, 0.29) is 5.82 Å². The SMILES string of the molecule is O=CN(Cc1cccnc1)c1ccc(-c2ccc(F)cc2)nc1NCCc1ccccn1. The number of amides is 1. The monoisotopic (exact) mass is 427 g/mol. The summed E-state index contributed by atoms with van der Waals surface area (Å²) >= 11 is 0. The van der Waals surface area contributed by atoms with Gasteiger partial charge < -0.3 is 10.2 Å². The summed E-state index contributed by atoms with van der Waals surface area (Å²) in [6.07, 6.45) is 6.66. The third-order valence-corrected chi connectivity index (χ3v) is 4.93. The van der Waals surface area contributed by atoms with Crippen molar-refractivity contribution in [2.24, 2.45) is 0 Å². The number of carbonyl (C=O) groups is 1. The van der Waals surface area contributed by atoms with Crippen LogP contribution in [0, 0.1) is 5.82 Å². The van der Waals surface area contributed by atoms with Crippen molar-refractivity contribution >= 4 is 17.9 Å². The van der Waals surface area contributed by atoms with Gasteiger partial charge in [0.25, 0.3) is 0 Å². The predicted octanol–water partition coefficient (Wildman–Crippen LogP) is 4.50. The highest BCUT2D eigenvalue weighted by molar-refractivity contribution is 5.83. The van der Waals surface area contributed by atoms with Crippen LogP contribution < -0.4 is 10.2 Å². The zero-order valence-corrected chi connectivity index (χ0v) is 17.4. The van der Waals surface area contributed by atoms with Crippen LogP contribution in [0.1, 0.15) is 11.3 Å². The molecule has 0 aliphatic heterocycles. The first kappa shape index (κ1) is 21.1. The first-order chi connectivity index (χ1) is 15.7. The average Bonchev–Trinajstić information content (AvgIpc) is 2.84. The van der Waals surface area contributed by atoms with Gasteiger partial charge in [-0.05, 0) is 60.2 Å². The lowest BCUT2D eigenvalue weighted by atomic mass is 10.1. The van der Waals surface area contributed by atoms with Crippen molar-refractivity contribution in [2.75, 3.05) is 16.8 Å². The van der Waals surface area contributed by atoms with Gasteiger partial charge in [-0.1, -0.05) is 12.1 Å². The van der Waals surface area contributed by atoms with Gasteiger partial charge in [0, 0.05) is 42.8 Å². The Kier molecular flexibility index (Phi) is 6.77. The van der Waals surface area contributed by atoms with Crippen molar-refractivity contribution in [1.29, 1.82) is 0 Å². The van der Waals surface area contributed by atoms with E-state index in [1.54, 1.807) is 35.6 Å². The van der Waals surface area contributed by atoms with E-state index in [0.29, 0.717) is 36.7 Å². The minimum atomic E-state index is -0.303. The van der Waals surface area contributed by atoms with Crippen LogP contribution in [0.4, 0.5) is 15.9 Å². The van der Waals surface area contributed by atoms with Gasteiger partial charge in [0.05, 0.1) is 17.9 Å². The third-order valence-electron chi connectivity index (χ3n) is 4.93. The number of hydrogen-bond acceptors (Lipinski definition) is 5. The number of pyridine rings is 3. The average molecular weight is 427 g/mol. The second kappa shape index (κ2) is 10.3. The van der Waals surface area contributed by atoms with Gasteiger partial charge >= 0.3 is 0 Å². The summed E-state index contributed by atoms with van der Waals surface area (Å²) in [4.78, 5) is 26.7. The predicted molar refractivity (Wildman–Crippen MR) is 123 cm³/mol. The molecule has 3 aromatic heterocycles. The van der Waals surface area contributed by atoms with Crippen LogP contribution in [0.3, 0.4) is 0 Å². The first-order valence-corrected chi connectivity index (χ1v) is 10.2. The lowest BCUT2D eigenvalue weighted by Crippen LogP contribution is -2.23. The van der Waals surface area contributed by atoms with E-state index in [1.807, 2.05) is 42.5 Å². The van der Waals surface area contributed by atoms with Gasteiger partial charge in [-0.15, -0.1) is 0 Å². The van der Waals surface area contributed by atoms with E-state index in [1.165, 1.54) is 12.1 Å². The van der Waals surface area contributed by atoms with Crippen LogP contribution in [-0.2, 0) is 17.8 Å². The minimum Gasteiger partial charge on any atom is -0.368 e. The molecule has 7 heteroatoms. The Hall–Kier alpha value is -4.13. The summed E-state index contributed by atoms with van der Waals surface area (Å²) in [5.41, 5.74) is 3.98. The summed E-state index contributed by atoms with van der Waals surface area (Å²) in [7, 11) is 0. The number of anilines is 2. The normalized spacial score (nSPS) is 10.5. The fourth-order valence-electron chi connectivity index (χ4n) is 3.32. The first-order valence-electron chi connectivity index (χ1n) is 10.2. The molecule has 1 aromatic carbocycles. The highest BCUT2D eigenvalue weighted by atomic mass is 19.1. The second-order valence-electron chi connectivity index (χ2n) is 7.16. The summed E-state index contributed by atoms with van der Waals surface area (Å²) in [6.45, 7) is 0.952. The van der Waals surface area contributed by atoms with Gasteiger partial charge in [0.2, 0.25) is 6.41 Å². The molecule has 4 rings (SSSR count). The lowest BCUT2D eigenvalue weighted by Gasteiger charge is -2.21. The molecule has 1 amide bonds. The van der Waals surface area contributed by atoms with Crippen LogP contribution in [0.2, 0.25) is 0 Å². The lowest BCUT2D eigenvalue weighted by molar-refractivity contribution is -0.107. The maximum atomic E-state index is 13.3. The zero-order chi connectivity index (χ0) is 22.2. The number of aromatic nitrogens is 3. The number of carbonyl (C=O) groups excluding carboxylic acids is 1. The molecule has 0 fully saturated rings. The van der Waals surface area contributed by atoms with Gasteiger partial charge in [-0.2, -0.15) is 0 Å². The van der Waals surface area contributed by atoms with Crippen LogP contribution in [0.15, 0.2) is 85.3 Å². The number of rotatable bonds is 9. The maximum absolute atomic E-state index is 13.3. The van der Waals surface area contributed by atoms with Gasteiger partial charge in [-0.25, -0.2) is 9.37 Å². The zero-order valence-electron chi connectivity index (χ0n) is 17.4. The van der Waals surface area contributed by atoms with Gasteiger partial charge in [-0.3, -0.25) is 14.8 Å². The fourth-order valence-corrected chi connectivity index (χ4v) is 3.32. The summed E-state index contributed by atoms with van der Waals surface area (Å²) in [5, 5.41) is 3.34. The third kappa shape index (κ3) is 5.31. The maximum Gasteiger partial charge on any atom is 0.214 e. The number of benzene rings is 1. The Balaban J connectivity index is 1.62. The van der Waals surface area contributed by atoms with Crippen LogP contribution in [0.5, 0.6) is 0 Å². The van der Waals surface area contributed by atoms with Gasteiger partial charge in [0.1, 0.15) is 5.82 Å². The van der Waals surface area contributed by atoms with Crippen molar-refractivity contribution in [3.63, 3.8) is 0 Å². The summed E-state index contributed by atoms with van der Waals surface area (Å²) in [6, 6.07) is 19.4. The Labute approximate surface area is 185 Å². The molecule has 1 N–H and O–H groups in total. The van der Waals surface area contributed by atoms with Crippen molar-refractivity contribution in [2.45, 2.75) is 13.0 Å². The quantitative estimate of drug-likeness (QED) is 0.399. The van der Waals surface area contributed by atoms with Crippen molar-refractivity contribution < 1.29 is 9.18 Å².